The zero-order chi connectivity index (χ0) is 25.1. The smallest absolute Gasteiger partial charge is 0.309 e. The maximum absolute atomic E-state index is 14.2. The number of ketones is 2. The van der Waals surface area contributed by atoms with Gasteiger partial charge in [0.1, 0.15) is 5.78 Å². The van der Waals surface area contributed by atoms with Crippen LogP contribution in [0.2, 0.25) is 0 Å². The van der Waals surface area contributed by atoms with E-state index in [0.717, 1.165) is 32.1 Å². The number of allylic oxidation sites excluding steroid dienone is 2. The summed E-state index contributed by atoms with van der Waals surface area (Å²) in [5.41, 5.74) is -0.399. The molecule has 0 radical (unpaired) electrons. The van der Waals surface area contributed by atoms with Crippen molar-refractivity contribution in [3.8, 4) is 0 Å². The molecule has 4 nitrogen and oxygen atoms in total. The van der Waals surface area contributed by atoms with Crippen LogP contribution in [0.15, 0.2) is 11.6 Å². The van der Waals surface area contributed by atoms with Crippen LogP contribution in [0.1, 0.15) is 99.8 Å². The summed E-state index contributed by atoms with van der Waals surface area (Å²) in [6.45, 7) is 15.7. The van der Waals surface area contributed by atoms with E-state index in [0.29, 0.717) is 31.0 Å². The third kappa shape index (κ3) is 2.64. The van der Waals surface area contributed by atoms with Gasteiger partial charge in [0.2, 0.25) is 0 Å². The molecule has 5 aliphatic rings. The van der Waals surface area contributed by atoms with Crippen LogP contribution in [0.4, 0.5) is 0 Å². The average Bonchev–Trinajstić information content (AvgIpc) is 2.75. The first-order valence-electron chi connectivity index (χ1n) is 13.7. The minimum Gasteiger partial charge on any atom is -0.481 e. The summed E-state index contributed by atoms with van der Waals surface area (Å²) in [6.07, 6.45) is 8.47. The van der Waals surface area contributed by atoms with E-state index in [1.807, 2.05) is 6.08 Å². The van der Waals surface area contributed by atoms with Gasteiger partial charge < -0.3 is 5.11 Å². The predicted octanol–water partition coefficient (Wildman–Crippen LogP) is 6.48. The Labute approximate surface area is 205 Å². The molecule has 34 heavy (non-hydrogen) atoms. The van der Waals surface area contributed by atoms with E-state index in [2.05, 4.69) is 48.5 Å². The molecule has 0 unspecified atom stereocenters. The Balaban J connectivity index is 1.67. The van der Waals surface area contributed by atoms with E-state index in [-0.39, 0.29) is 51.1 Å². The van der Waals surface area contributed by atoms with Crippen molar-refractivity contribution in [2.45, 2.75) is 99.8 Å². The lowest BCUT2D eigenvalue weighted by molar-refractivity contribution is -0.194. The molecule has 0 aromatic carbocycles. The van der Waals surface area contributed by atoms with Crippen LogP contribution < -0.4 is 0 Å². The first-order valence-corrected chi connectivity index (χ1v) is 13.7. The van der Waals surface area contributed by atoms with Crippen LogP contribution in [-0.4, -0.2) is 22.6 Å². The molecule has 4 fully saturated rings. The molecule has 188 valence electrons. The third-order valence-electron chi connectivity index (χ3n) is 12.9. The summed E-state index contributed by atoms with van der Waals surface area (Å²) in [5, 5.41) is 10.5. The zero-order valence-electron chi connectivity index (χ0n) is 22.3. The SMILES string of the molecule is C[C@@H]1[C@H]2[C@H]3C(=O)C=C4[C@@]5(C)CCC(=O)C(C)(C)[C@@H]5CC[C@@]4(C)[C@]3(C)CC[C@@]2(C(=O)O)CC[C@H]1C. The lowest BCUT2D eigenvalue weighted by atomic mass is 9.33. The van der Waals surface area contributed by atoms with Gasteiger partial charge in [-0.2, -0.15) is 0 Å². The van der Waals surface area contributed by atoms with Gasteiger partial charge in [0.05, 0.1) is 5.41 Å². The van der Waals surface area contributed by atoms with Crippen LogP contribution in [-0.2, 0) is 14.4 Å². The predicted molar refractivity (Wildman–Crippen MR) is 132 cm³/mol. The van der Waals surface area contributed by atoms with Gasteiger partial charge in [-0.3, -0.25) is 14.4 Å². The summed E-state index contributed by atoms with van der Waals surface area (Å²) in [6, 6.07) is 0. The Kier molecular flexibility index (Phi) is 5.04. The fraction of sp³-hybridized carbons (Fsp3) is 0.833. The minimum absolute atomic E-state index is 0.107. The van der Waals surface area contributed by atoms with E-state index in [1.165, 1.54) is 5.57 Å². The molecule has 0 bridgehead atoms. The van der Waals surface area contributed by atoms with Gasteiger partial charge in [-0.05, 0) is 90.9 Å². The monoisotopic (exact) mass is 468 g/mol. The molecule has 5 aliphatic carbocycles. The van der Waals surface area contributed by atoms with E-state index >= 15 is 0 Å². The van der Waals surface area contributed by atoms with Crippen molar-refractivity contribution in [3.63, 3.8) is 0 Å². The summed E-state index contributed by atoms with van der Waals surface area (Å²) in [5.74, 6) is 0.409. The molecule has 0 aromatic heterocycles. The Bertz CT molecular complexity index is 992. The Morgan fingerprint density at radius 3 is 2.26 bits per heavy atom. The van der Waals surface area contributed by atoms with E-state index in [4.69, 9.17) is 0 Å². The van der Waals surface area contributed by atoms with Crippen molar-refractivity contribution in [1.29, 1.82) is 0 Å². The van der Waals surface area contributed by atoms with E-state index in [9.17, 15) is 19.5 Å². The number of fused-ring (bicyclic) bond motifs is 7. The van der Waals surface area contributed by atoms with Gasteiger partial charge in [-0.15, -0.1) is 0 Å². The number of hydrogen-bond acceptors (Lipinski definition) is 3. The summed E-state index contributed by atoms with van der Waals surface area (Å²) < 4.78 is 0. The molecule has 0 heterocycles. The van der Waals surface area contributed by atoms with Crippen molar-refractivity contribution in [2.24, 2.45) is 56.7 Å². The molecule has 4 heteroatoms. The van der Waals surface area contributed by atoms with Crippen LogP contribution in [0.25, 0.3) is 0 Å². The molecular weight excluding hydrogens is 424 g/mol. The van der Waals surface area contributed by atoms with Crippen LogP contribution in [0.5, 0.6) is 0 Å². The standard InChI is InChI=1S/C30H44O4/c1-17-8-13-30(25(33)34)15-14-29(7)24(23(30)18(17)2)19(31)16-21-27(5)11-10-22(32)26(3,4)20(27)9-12-28(21,29)6/h16-18,20,23-24H,8-15H2,1-7H3,(H,33,34)/t17-,18+,20+,23+,24-,27+,28-,29-,30+/m1/s1. The first kappa shape index (κ1) is 24.3. The fourth-order valence-electron chi connectivity index (χ4n) is 10.4. The average molecular weight is 469 g/mol. The van der Waals surface area contributed by atoms with Crippen LogP contribution >= 0.6 is 0 Å². The van der Waals surface area contributed by atoms with Gasteiger partial charge in [-0.25, -0.2) is 0 Å². The van der Waals surface area contributed by atoms with Crippen molar-refractivity contribution < 1.29 is 19.5 Å². The molecule has 0 aromatic rings. The molecule has 9 atom stereocenters. The van der Waals surface area contributed by atoms with Crippen molar-refractivity contribution in [3.05, 3.63) is 11.6 Å². The van der Waals surface area contributed by atoms with Crippen LogP contribution in [0.3, 0.4) is 0 Å². The number of hydrogen-bond donors (Lipinski definition) is 1. The second-order valence-electron chi connectivity index (χ2n) is 14.2. The number of carbonyl (C=O) groups excluding carboxylic acids is 2. The normalized spacial score (nSPS) is 52.0. The van der Waals surface area contributed by atoms with Crippen LogP contribution in [0, 0.1) is 56.7 Å². The largest absolute Gasteiger partial charge is 0.481 e. The van der Waals surface area contributed by atoms with Gasteiger partial charge in [0.25, 0.3) is 0 Å². The van der Waals surface area contributed by atoms with Gasteiger partial charge in [0, 0.05) is 17.8 Å². The zero-order valence-corrected chi connectivity index (χ0v) is 22.3. The summed E-state index contributed by atoms with van der Waals surface area (Å²) in [4.78, 5) is 39.9. The third-order valence-corrected chi connectivity index (χ3v) is 12.9. The molecular formula is C30H44O4. The Morgan fingerprint density at radius 2 is 1.62 bits per heavy atom. The Hall–Kier alpha value is -1.45. The minimum atomic E-state index is -0.770. The van der Waals surface area contributed by atoms with Crippen molar-refractivity contribution >= 4 is 17.5 Å². The lowest BCUT2D eigenvalue weighted by Gasteiger charge is -2.69. The molecule has 0 aliphatic heterocycles. The van der Waals surface area contributed by atoms with Gasteiger partial charge >= 0.3 is 5.97 Å². The van der Waals surface area contributed by atoms with Crippen molar-refractivity contribution in [2.75, 3.05) is 0 Å². The molecule has 0 amide bonds. The molecule has 0 spiro atoms. The molecule has 5 rings (SSSR count). The maximum Gasteiger partial charge on any atom is 0.309 e. The Morgan fingerprint density at radius 1 is 0.941 bits per heavy atom. The fourth-order valence-corrected chi connectivity index (χ4v) is 10.4. The number of carbonyl (C=O) groups is 3. The topological polar surface area (TPSA) is 71.4 Å². The van der Waals surface area contributed by atoms with E-state index in [1.54, 1.807) is 0 Å². The number of rotatable bonds is 1. The molecule has 4 saturated carbocycles. The highest BCUT2D eigenvalue weighted by Crippen LogP contribution is 2.74. The highest BCUT2D eigenvalue weighted by atomic mass is 16.4. The molecule has 1 N–H and O–H groups in total. The summed E-state index contributed by atoms with van der Waals surface area (Å²) >= 11 is 0. The second-order valence-corrected chi connectivity index (χ2v) is 14.2. The number of carboxylic acids is 1. The molecule has 0 saturated heterocycles. The highest BCUT2D eigenvalue weighted by Gasteiger charge is 2.71. The van der Waals surface area contributed by atoms with E-state index < -0.39 is 11.4 Å². The lowest BCUT2D eigenvalue weighted by Crippen LogP contribution is -2.66. The quantitative estimate of drug-likeness (QED) is 0.478. The van der Waals surface area contributed by atoms with Gasteiger partial charge in [0.15, 0.2) is 5.78 Å². The second kappa shape index (κ2) is 7.07. The van der Waals surface area contributed by atoms with Crippen molar-refractivity contribution in [1.82, 2.24) is 0 Å². The number of Topliss-reactive ketones (excluding diaryl/α,β-unsaturated/α-hetero) is 1. The number of carboxylic acid groups (broad SMARTS) is 1. The van der Waals surface area contributed by atoms with Gasteiger partial charge in [-0.1, -0.05) is 54.0 Å². The number of aliphatic carboxylic acids is 1. The highest BCUT2D eigenvalue weighted by molar-refractivity contribution is 5.96. The maximum atomic E-state index is 14.2. The first-order chi connectivity index (χ1) is 15.7. The summed E-state index contributed by atoms with van der Waals surface area (Å²) in [7, 11) is 0.